The lowest BCUT2D eigenvalue weighted by molar-refractivity contribution is -0.145. The van der Waals surface area contributed by atoms with Gasteiger partial charge in [-0.3, -0.25) is 9.59 Å². The second kappa shape index (κ2) is 13.5. The standard InChI is InChI=1S/C15H29NO3/c1-2-3-4-5-6-7-8-9-10-11-14(17)12-13-15(18)19-16/h2-13,16H2,1H3. The Morgan fingerprint density at radius 1 is 0.789 bits per heavy atom. The van der Waals surface area contributed by atoms with Crippen molar-refractivity contribution in [3.63, 3.8) is 0 Å². The number of carbonyl (C=O) groups excluding carboxylic acids is 2. The van der Waals surface area contributed by atoms with E-state index < -0.39 is 5.97 Å². The Morgan fingerprint density at radius 3 is 1.84 bits per heavy atom. The number of nitrogens with two attached hydrogens (primary N) is 1. The predicted molar refractivity (Wildman–Crippen MR) is 76.4 cm³/mol. The van der Waals surface area contributed by atoms with E-state index in [9.17, 15) is 9.59 Å². The molecule has 0 radical (unpaired) electrons. The average Bonchev–Trinajstić information content (AvgIpc) is 2.42. The highest BCUT2D eigenvalue weighted by Crippen LogP contribution is 2.11. The van der Waals surface area contributed by atoms with Crippen LogP contribution in [0, 0.1) is 0 Å². The Morgan fingerprint density at radius 2 is 1.32 bits per heavy atom. The summed E-state index contributed by atoms with van der Waals surface area (Å²) in [6, 6.07) is 0. The van der Waals surface area contributed by atoms with E-state index in [1.807, 2.05) is 0 Å². The maximum atomic E-state index is 11.4. The first kappa shape index (κ1) is 18.1. The summed E-state index contributed by atoms with van der Waals surface area (Å²) in [5.41, 5.74) is 0. The van der Waals surface area contributed by atoms with Crippen molar-refractivity contribution in [3.8, 4) is 0 Å². The van der Waals surface area contributed by atoms with Crippen LogP contribution < -0.4 is 5.90 Å². The molecule has 0 saturated heterocycles. The maximum absolute atomic E-state index is 11.4. The van der Waals surface area contributed by atoms with Crippen molar-refractivity contribution in [1.29, 1.82) is 0 Å². The molecule has 112 valence electrons. The topological polar surface area (TPSA) is 69.4 Å². The van der Waals surface area contributed by atoms with Crippen LogP contribution in [0.25, 0.3) is 0 Å². The molecule has 0 aromatic rings. The van der Waals surface area contributed by atoms with Gasteiger partial charge in [-0.1, -0.05) is 58.3 Å². The van der Waals surface area contributed by atoms with Crippen molar-refractivity contribution < 1.29 is 14.4 Å². The van der Waals surface area contributed by atoms with Crippen molar-refractivity contribution in [2.24, 2.45) is 5.90 Å². The minimum Gasteiger partial charge on any atom is -0.373 e. The number of rotatable bonds is 13. The van der Waals surface area contributed by atoms with Crippen LogP contribution in [0.5, 0.6) is 0 Å². The molecule has 0 rings (SSSR count). The monoisotopic (exact) mass is 271 g/mol. The first-order chi connectivity index (χ1) is 9.20. The molecule has 0 fully saturated rings. The van der Waals surface area contributed by atoms with Gasteiger partial charge in [0.05, 0.1) is 6.42 Å². The summed E-state index contributed by atoms with van der Waals surface area (Å²) in [4.78, 5) is 26.2. The van der Waals surface area contributed by atoms with Gasteiger partial charge in [0.1, 0.15) is 5.78 Å². The van der Waals surface area contributed by atoms with Crippen LogP contribution in [0.2, 0.25) is 0 Å². The highest BCUT2D eigenvalue weighted by atomic mass is 16.7. The summed E-state index contributed by atoms with van der Waals surface area (Å²) in [5, 5.41) is 0. The highest BCUT2D eigenvalue weighted by Gasteiger charge is 2.06. The normalized spacial score (nSPS) is 10.4. The van der Waals surface area contributed by atoms with Crippen LogP contribution in [0.15, 0.2) is 0 Å². The Kier molecular flexibility index (Phi) is 12.9. The van der Waals surface area contributed by atoms with Gasteiger partial charge in [-0.05, 0) is 6.42 Å². The van der Waals surface area contributed by atoms with Crippen molar-refractivity contribution >= 4 is 11.8 Å². The molecule has 0 spiro atoms. The minimum absolute atomic E-state index is 0.104. The molecular formula is C15H29NO3. The molecule has 0 aliphatic heterocycles. The smallest absolute Gasteiger partial charge is 0.324 e. The Balaban J connectivity index is 3.21. The van der Waals surface area contributed by atoms with Gasteiger partial charge in [0.2, 0.25) is 0 Å². The van der Waals surface area contributed by atoms with Gasteiger partial charge in [-0.15, -0.1) is 0 Å². The molecule has 0 aromatic heterocycles. The SMILES string of the molecule is CCCCCCCCCCCC(=O)CCC(=O)ON. The molecule has 4 heteroatoms. The summed E-state index contributed by atoms with van der Waals surface area (Å²) in [6.45, 7) is 2.23. The minimum atomic E-state index is -0.513. The summed E-state index contributed by atoms with van der Waals surface area (Å²) >= 11 is 0. The van der Waals surface area contributed by atoms with E-state index in [-0.39, 0.29) is 18.6 Å². The van der Waals surface area contributed by atoms with Crippen molar-refractivity contribution in [1.82, 2.24) is 0 Å². The zero-order chi connectivity index (χ0) is 14.3. The van der Waals surface area contributed by atoms with E-state index in [1.165, 1.54) is 44.9 Å². The Bertz CT molecular complexity index is 242. The Labute approximate surface area is 117 Å². The predicted octanol–water partition coefficient (Wildman–Crippen LogP) is 3.67. The molecule has 0 atom stereocenters. The fourth-order valence-electron chi connectivity index (χ4n) is 2.06. The molecule has 0 bridgehead atoms. The number of unbranched alkanes of at least 4 members (excludes halogenated alkanes) is 8. The van der Waals surface area contributed by atoms with E-state index >= 15 is 0 Å². The second-order valence-electron chi connectivity index (χ2n) is 5.11. The summed E-state index contributed by atoms with van der Waals surface area (Å²) in [7, 11) is 0. The van der Waals surface area contributed by atoms with Crippen LogP contribution in [0.4, 0.5) is 0 Å². The van der Waals surface area contributed by atoms with Gasteiger partial charge in [0, 0.05) is 12.8 Å². The molecule has 0 heterocycles. The number of hydrogen-bond acceptors (Lipinski definition) is 4. The number of carbonyl (C=O) groups is 2. The molecule has 4 nitrogen and oxygen atoms in total. The summed E-state index contributed by atoms with van der Waals surface area (Å²) in [6.07, 6.45) is 12.1. The quantitative estimate of drug-likeness (QED) is 0.410. The number of hydrogen-bond donors (Lipinski definition) is 1. The van der Waals surface area contributed by atoms with Gasteiger partial charge in [-0.25, -0.2) is 0 Å². The van der Waals surface area contributed by atoms with Gasteiger partial charge in [0.15, 0.2) is 0 Å². The molecule has 0 saturated carbocycles. The average molecular weight is 271 g/mol. The zero-order valence-corrected chi connectivity index (χ0v) is 12.3. The van der Waals surface area contributed by atoms with E-state index in [0.29, 0.717) is 6.42 Å². The van der Waals surface area contributed by atoms with Crippen LogP contribution >= 0.6 is 0 Å². The third-order valence-corrected chi connectivity index (χ3v) is 3.30. The summed E-state index contributed by atoms with van der Waals surface area (Å²) < 4.78 is 0. The molecular weight excluding hydrogens is 242 g/mol. The van der Waals surface area contributed by atoms with Gasteiger partial charge in [-0.2, -0.15) is 5.90 Å². The molecule has 0 aliphatic carbocycles. The molecule has 0 amide bonds. The summed E-state index contributed by atoms with van der Waals surface area (Å²) in [5.74, 6) is 4.32. The van der Waals surface area contributed by atoms with E-state index in [0.717, 1.165) is 12.8 Å². The largest absolute Gasteiger partial charge is 0.373 e. The lowest BCUT2D eigenvalue weighted by atomic mass is 10.0. The van der Waals surface area contributed by atoms with E-state index in [2.05, 4.69) is 11.8 Å². The first-order valence-corrected chi connectivity index (χ1v) is 7.62. The highest BCUT2D eigenvalue weighted by molar-refractivity contribution is 5.82. The Hall–Kier alpha value is -0.900. The van der Waals surface area contributed by atoms with E-state index in [4.69, 9.17) is 5.90 Å². The van der Waals surface area contributed by atoms with E-state index in [1.54, 1.807) is 0 Å². The van der Waals surface area contributed by atoms with Gasteiger partial charge >= 0.3 is 5.97 Å². The lowest BCUT2D eigenvalue weighted by Crippen LogP contribution is -2.11. The van der Waals surface area contributed by atoms with Gasteiger partial charge in [0.25, 0.3) is 0 Å². The lowest BCUT2D eigenvalue weighted by Gasteiger charge is -2.02. The molecule has 0 aromatic carbocycles. The van der Waals surface area contributed by atoms with Crippen molar-refractivity contribution in [2.45, 2.75) is 84.0 Å². The molecule has 19 heavy (non-hydrogen) atoms. The third-order valence-electron chi connectivity index (χ3n) is 3.30. The van der Waals surface area contributed by atoms with Crippen LogP contribution in [0.1, 0.15) is 84.0 Å². The van der Waals surface area contributed by atoms with Crippen molar-refractivity contribution in [2.75, 3.05) is 0 Å². The van der Waals surface area contributed by atoms with Crippen LogP contribution in [0.3, 0.4) is 0 Å². The maximum Gasteiger partial charge on any atom is 0.324 e. The fourth-order valence-corrected chi connectivity index (χ4v) is 2.06. The number of Topliss-reactive ketones (excluding diaryl/α,β-unsaturated/α-hetero) is 1. The second-order valence-corrected chi connectivity index (χ2v) is 5.11. The van der Waals surface area contributed by atoms with Crippen LogP contribution in [-0.2, 0) is 14.4 Å². The third kappa shape index (κ3) is 13.3. The zero-order valence-electron chi connectivity index (χ0n) is 12.3. The first-order valence-electron chi connectivity index (χ1n) is 7.62. The fraction of sp³-hybridized carbons (Fsp3) is 0.867. The number of ketones is 1. The molecule has 0 aliphatic rings. The molecule has 0 unspecified atom stereocenters. The van der Waals surface area contributed by atoms with Gasteiger partial charge < -0.3 is 4.84 Å². The van der Waals surface area contributed by atoms with Crippen LogP contribution in [-0.4, -0.2) is 11.8 Å². The molecule has 2 N–H and O–H groups in total. The van der Waals surface area contributed by atoms with Crippen molar-refractivity contribution in [3.05, 3.63) is 0 Å².